The largest absolute Gasteiger partial charge is 0.370 e. The average molecular weight is 268 g/mol. The van der Waals surface area contributed by atoms with E-state index in [9.17, 15) is 0 Å². The van der Waals surface area contributed by atoms with E-state index in [0.717, 1.165) is 35.5 Å². The fourth-order valence-electron chi connectivity index (χ4n) is 3.04. The standard InChI is InChI=1S/C14H16N6/c1-9-12-13-16-8-5-11(10-3-6-15-7-4-10)20(13)18-14(12)19(2)17-9/h3-4,6-7,11,16H,5,8H2,1-2H3. The lowest BCUT2D eigenvalue weighted by Gasteiger charge is -2.26. The summed E-state index contributed by atoms with van der Waals surface area (Å²) in [6, 6.07) is 4.40. The van der Waals surface area contributed by atoms with Crippen molar-refractivity contribution in [3.63, 3.8) is 0 Å². The van der Waals surface area contributed by atoms with Crippen molar-refractivity contribution in [2.24, 2.45) is 7.05 Å². The molecule has 1 aliphatic rings. The molecule has 4 heterocycles. The SMILES string of the molecule is Cc1nn(C)c2nn3c(c12)NCCC3c1ccncc1. The Balaban J connectivity index is 1.94. The van der Waals surface area contributed by atoms with Gasteiger partial charge in [-0.1, -0.05) is 0 Å². The molecule has 1 atom stereocenters. The first kappa shape index (κ1) is 11.5. The molecule has 0 radical (unpaired) electrons. The summed E-state index contributed by atoms with van der Waals surface area (Å²) in [5.74, 6) is 1.08. The van der Waals surface area contributed by atoms with Gasteiger partial charge >= 0.3 is 0 Å². The van der Waals surface area contributed by atoms with Crippen LogP contribution in [0.2, 0.25) is 0 Å². The topological polar surface area (TPSA) is 60.6 Å². The number of aromatic nitrogens is 5. The quantitative estimate of drug-likeness (QED) is 0.732. The highest BCUT2D eigenvalue weighted by Gasteiger charge is 2.27. The third-order valence-corrected chi connectivity index (χ3v) is 3.96. The van der Waals surface area contributed by atoms with Crippen LogP contribution in [0.15, 0.2) is 24.5 Å². The summed E-state index contributed by atoms with van der Waals surface area (Å²) in [7, 11) is 1.94. The second kappa shape index (κ2) is 4.06. The van der Waals surface area contributed by atoms with Gasteiger partial charge in [0.25, 0.3) is 0 Å². The van der Waals surface area contributed by atoms with Gasteiger partial charge in [-0.25, -0.2) is 9.36 Å². The van der Waals surface area contributed by atoms with E-state index < -0.39 is 0 Å². The second-order valence-electron chi connectivity index (χ2n) is 5.21. The molecule has 0 aliphatic carbocycles. The molecule has 1 unspecified atom stereocenters. The highest BCUT2D eigenvalue weighted by atomic mass is 15.4. The molecule has 3 aromatic heterocycles. The zero-order chi connectivity index (χ0) is 13.7. The molecule has 20 heavy (non-hydrogen) atoms. The maximum atomic E-state index is 4.77. The monoisotopic (exact) mass is 268 g/mol. The normalized spacial score (nSPS) is 18.0. The molecule has 6 heteroatoms. The van der Waals surface area contributed by atoms with Crippen molar-refractivity contribution in [3.8, 4) is 0 Å². The molecule has 0 fully saturated rings. The summed E-state index contributed by atoms with van der Waals surface area (Å²) in [6.07, 6.45) is 4.71. The molecule has 0 saturated heterocycles. The van der Waals surface area contributed by atoms with E-state index in [2.05, 4.69) is 32.2 Å². The number of anilines is 1. The van der Waals surface area contributed by atoms with Crippen LogP contribution in [0.5, 0.6) is 0 Å². The number of hydrogen-bond donors (Lipinski definition) is 1. The maximum Gasteiger partial charge on any atom is 0.182 e. The Morgan fingerprint density at radius 2 is 2.05 bits per heavy atom. The number of fused-ring (bicyclic) bond motifs is 3. The summed E-state index contributed by atoms with van der Waals surface area (Å²) in [4.78, 5) is 4.10. The van der Waals surface area contributed by atoms with Gasteiger partial charge in [-0.15, -0.1) is 0 Å². The molecule has 0 amide bonds. The second-order valence-corrected chi connectivity index (χ2v) is 5.21. The van der Waals surface area contributed by atoms with Gasteiger partial charge in [-0.3, -0.25) is 4.98 Å². The summed E-state index contributed by atoms with van der Waals surface area (Å²) in [5, 5.41) is 13.8. The van der Waals surface area contributed by atoms with Crippen LogP contribution in [0.4, 0.5) is 5.82 Å². The van der Waals surface area contributed by atoms with Crippen molar-refractivity contribution < 1.29 is 0 Å². The molecule has 1 N–H and O–H groups in total. The summed E-state index contributed by atoms with van der Waals surface area (Å²) in [6.45, 7) is 2.98. The lowest BCUT2D eigenvalue weighted by atomic mass is 10.0. The predicted octanol–water partition coefficient (Wildman–Crippen LogP) is 1.88. The Morgan fingerprint density at radius 3 is 2.85 bits per heavy atom. The van der Waals surface area contributed by atoms with E-state index in [1.807, 2.05) is 31.0 Å². The van der Waals surface area contributed by atoms with Gasteiger partial charge in [-0.2, -0.15) is 10.2 Å². The van der Waals surface area contributed by atoms with Crippen molar-refractivity contribution in [1.29, 1.82) is 0 Å². The average Bonchev–Trinajstić information content (AvgIpc) is 2.99. The zero-order valence-corrected chi connectivity index (χ0v) is 11.5. The molecular formula is C14H16N6. The number of aryl methyl sites for hydroxylation is 2. The highest BCUT2D eigenvalue weighted by Crippen LogP contribution is 2.35. The first-order valence-corrected chi connectivity index (χ1v) is 6.81. The Hall–Kier alpha value is -2.37. The molecule has 0 saturated carbocycles. The first-order valence-electron chi connectivity index (χ1n) is 6.81. The highest BCUT2D eigenvalue weighted by molar-refractivity contribution is 5.90. The molecule has 102 valence electrons. The number of rotatable bonds is 1. The van der Waals surface area contributed by atoms with Gasteiger partial charge < -0.3 is 5.32 Å². The van der Waals surface area contributed by atoms with Crippen LogP contribution in [0.1, 0.15) is 23.7 Å². The van der Waals surface area contributed by atoms with Gasteiger partial charge in [0.2, 0.25) is 0 Å². The van der Waals surface area contributed by atoms with Crippen molar-refractivity contribution in [3.05, 3.63) is 35.8 Å². The third-order valence-electron chi connectivity index (χ3n) is 3.96. The zero-order valence-electron chi connectivity index (χ0n) is 11.5. The Labute approximate surface area is 116 Å². The summed E-state index contributed by atoms with van der Waals surface area (Å²) in [5.41, 5.74) is 3.21. The molecule has 4 rings (SSSR count). The predicted molar refractivity (Wildman–Crippen MR) is 76.7 cm³/mol. The number of nitrogens with one attached hydrogen (secondary N) is 1. The minimum absolute atomic E-state index is 0.265. The van der Waals surface area contributed by atoms with Crippen molar-refractivity contribution >= 4 is 16.9 Å². The van der Waals surface area contributed by atoms with E-state index in [0.29, 0.717) is 0 Å². The maximum absolute atomic E-state index is 4.77. The van der Waals surface area contributed by atoms with Crippen LogP contribution in [0.3, 0.4) is 0 Å². The van der Waals surface area contributed by atoms with E-state index in [-0.39, 0.29) is 6.04 Å². The fraction of sp³-hybridized carbons (Fsp3) is 0.357. The molecule has 0 spiro atoms. The van der Waals surface area contributed by atoms with Crippen molar-refractivity contribution in [2.75, 3.05) is 11.9 Å². The smallest absolute Gasteiger partial charge is 0.182 e. The Morgan fingerprint density at radius 1 is 1.25 bits per heavy atom. The number of hydrogen-bond acceptors (Lipinski definition) is 4. The van der Waals surface area contributed by atoms with E-state index >= 15 is 0 Å². The minimum atomic E-state index is 0.265. The van der Waals surface area contributed by atoms with Crippen LogP contribution in [0.25, 0.3) is 11.0 Å². The van der Waals surface area contributed by atoms with Crippen molar-refractivity contribution in [1.82, 2.24) is 24.5 Å². The number of pyridine rings is 1. The van der Waals surface area contributed by atoms with Gasteiger partial charge in [0.1, 0.15) is 5.82 Å². The van der Waals surface area contributed by atoms with Crippen LogP contribution in [-0.2, 0) is 7.05 Å². The van der Waals surface area contributed by atoms with E-state index in [1.165, 1.54) is 5.56 Å². The van der Waals surface area contributed by atoms with Crippen LogP contribution in [-0.4, -0.2) is 31.1 Å². The van der Waals surface area contributed by atoms with E-state index in [1.54, 1.807) is 0 Å². The summed E-state index contributed by atoms with van der Waals surface area (Å²) < 4.78 is 3.94. The lowest BCUT2D eigenvalue weighted by Crippen LogP contribution is -2.24. The van der Waals surface area contributed by atoms with Crippen LogP contribution < -0.4 is 5.32 Å². The van der Waals surface area contributed by atoms with E-state index in [4.69, 9.17) is 5.10 Å². The molecule has 0 bridgehead atoms. The summed E-state index contributed by atoms with van der Waals surface area (Å²) >= 11 is 0. The van der Waals surface area contributed by atoms with Crippen molar-refractivity contribution in [2.45, 2.75) is 19.4 Å². The Kier molecular flexibility index (Phi) is 2.33. The Bertz CT molecular complexity index is 770. The van der Waals surface area contributed by atoms with Gasteiger partial charge in [0.05, 0.1) is 17.1 Å². The van der Waals surface area contributed by atoms with Crippen LogP contribution in [0, 0.1) is 6.92 Å². The first-order chi connectivity index (χ1) is 9.75. The van der Waals surface area contributed by atoms with Crippen LogP contribution >= 0.6 is 0 Å². The molecular weight excluding hydrogens is 252 g/mol. The molecule has 0 aromatic carbocycles. The number of nitrogens with zero attached hydrogens (tertiary/aromatic N) is 5. The molecule has 6 nitrogen and oxygen atoms in total. The van der Waals surface area contributed by atoms with Gasteiger partial charge in [0.15, 0.2) is 5.65 Å². The fourth-order valence-corrected chi connectivity index (χ4v) is 3.04. The lowest BCUT2D eigenvalue weighted by molar-refractivity contribution is 0.482. The van der Waals surface area contributed by atoms with Gasteiger partial charge in [-0.05, 0) is 31.0 Å². The minimum Gasteiger partial charge on any atom is -0.370 e. The molecule has 1 aliphatic heterocycles. The third kappa shape index (κ3) is 1.47. The molecule has 3 aromatic rings. The van der Waals surface area contributed by atoms with Gasteiger partial charge in [0, 0.05) is 26.0 Å².